The Balaban J connectivity index is 1.50. The highest BCUT2D eigenvalue weighted by molar-refractivity contribution is 5.77. The molecule has 3 rings (SSSR count). The number of rotatable bonds is 6. The maximum atomic E-state index is 13.2. The van der Waals surface area contributed by atoms with E-state index < -0.39 is 28.9 Å². The highest BCUT2D eigenvalue weighted by atomic mass is 19.1. The topological polar surface area (TPSA) is 99.9 Å². The predicted octanol–water partition coefficient (Wildman–Crippen LogP) is 2.07. The van der Waals surface area contributed by atoms with Crippen LogP contribution in [0.3, 0.4) is 0 Å². The lowest BCUT2D eigenvalue weighted by Gasteiger charge is -2.26. The Morgan fingerprint density at radius 2 is 2.08 bits per heavy atom. The molecule has 0 saturated heterocycles. The molecule has 0 aromatic heterocycles. The van der Waals surface area contributed by atoms with Crippen molar-refractivity contribution < 1.29 is 28.3 Å². The fourth-order valence-electron chi connectivity index (χ4n) is 2.34. The van der Waals surface area contributed by atoms with Gasteiger partial charge >= 0.3 is 5.69 Å². The van der Waals surface area contributed by atoms with Crippen molar-refractivity contribution in [1.82, 2.24) is 5.32 Å². The first-order valence-corrected chi connectivity index (χ1v) is 7.75. The summed E-state index contributed by atoms with van der Waals surface area (Å²) in [5, 5.41) is 13.5. The molecule has 0 radical (unpaired) electrons. The summed E-state index contributed by atoms with van der Waals surface area (Å²) < 4.78 is 29.5. The number of nitro groups is 1. The molecular formula is C17H15FN2O6. The van der Waals surface area contributed by atoms with Gasteiger partial charge in [0.1, 0.15) is 18.5 Å². The van der Waals surface area contributed by atoms with Gasteiger partial charge in [0.25, 0.3) is 5.91 Å². The lowest BCUT2D eigenvalue weighted by atomic mass is 10.2. The lowest BCUT2D eigenvalue weighted by Crippen LogP contribution is -2.42. The Labute approximate surface area is 147 Å². The molecule has 1 aliphatic rings. The number of amides is 1. The molecule has 9 heteroatoms. The number of fused-ring (bicyclic) bond motifs is 1. The molecule has 1 aliphatic heterocycles. The van der Waals surface area contributed by atoms with Gasteiger partial charge in [-0.05, 0) is 18.2 Å². The molecular weight excluding hydrogens is 347 g/mol. The Bertz CT molecular complexity index is 829. The summed E-state index contributed by atoms with van der Waals surface area (Å²) in [4.78, 5) is 22.0. The molecule has 0 bridgehead atoms. The number of nitrogens with zero attached hydrogens (tertiary/aromatic N) is 1. The average molecular weight is 362 g/mol. The van der Waals surface area contributed by atoms with Crippen LogP contribution < -0.4 is 19.5 Å². The van der Waals surface area contributed by atoms with Crippen LogP contribution in [0.25, 0.3) is 0 Å². The van der Waals surface area contributed by atoms with E-state index in [4.69, 9.17) is 14.2 Å². The molecule has 2 aromatic rings. The second-order valence-corrected chi connectivity index (χ2v) is 5.46. The van der Waals surface area contributed by atoms with Crippen LogP contribution in [-0.2, 0) is 4.79 Å². The van der Waals surface area contributed by atoms with Gasteiger partial charge in [-0.1, -0.05) is 12.1 Å². The van der Waals surface area contributed by atoms with E-state index in [1.165, 1.54) is 0 Å². The summed E-state index contributed by atoms with van der Waals surface area (Å²) in [6, 6.07) is 9.96. The lowest BCUT2D eigenvalue weighted by molar-refractivity contribution is -0.385. The number of para-hydroxylation sites is 2. The second-order valence-electron chi connectivity index (χ2n) is 5.46. The van der Waals surface area contributed by atoms with Gasteiger partial charge in [0.15, 0.2) is 18.1 Å². The first kappa shape index (κ1) is 17.5. The highest BCUT2D eigenvalue weighted by Crippen LogP contribution is 2.30. The van der Waals surface area contributed by atoms with E-state index in [1.54, 1.807) is 12.1 Å². The summed E-state index contributed by atoms with van der Waals surface area (Å²) in [6.45, 7) is -0.0518. The second kappa shape index (κ2) is 7.68. The fraction of sp³-hybridized carbons (Fsp3) is 0.235. The van der Waals surface area contributed by atoms with E-state index in [0.717, 1.165) is 18.2 Å². The molecule has 1 N–H and O–H groups in total. The van der Waals surface area contributed by atoms with Crippen molar-refractivity contribution in [2.24, 2.45) is 0 Å². The molecule has 1 heterocycles. The number of nitro benzene ring substituents is 1. The third-order valence-corrected chi connectivity index (χ3v) is 3.57. The quantitative estimate of drug-likeness (QED) is 0.624. The molecule has 8 nitrogen and oxygen atoms in total. The molecule has 136 valence electrons. The first-order valence-electron chi connectivity index (χ1n) is 7.75. The number of carbonyl (C=O) groups excluding carboxylic acids is 1. The van der Waals surface area contributed by atoms with Crippen molar-refractivity contribution >= 4 is 11.6 Å². The standard InChI is InChI=1S/C17H15FN2O6/c18-11-5-6-13(20(22)23)16(7-11)25-10-17(21)19-8-12-9-24-14-3-1-2-4-15(14)26-12/h1-7,12H,8-10H2,(H,19,21)/t12-/m1/s1. The molecule has 0 saturated carbocycles. The Morgan fingerprint density at radius 1 is 1.31 bits per heavy atom. The molecule has 0 unspecified atom stereocenters. The molecule has 0 fully saturated rings. The van der Waals surface area contributed by atoms with Crippen LogP contribution in [0, 0.1) is 15.9 Å². The number of benzene rings is 2. The van der Waals surface area contributed by atoms with Crippen molar-refractivity contribution in [1.29, 1.82) is 0 Å². The average Bonchev–Trinajstić information content (AvgIpc) is 2.64. The number of ether oxygens (including phenoxy) is 3. The number of carbonyl (C=O) groups is 1. The van der Waals surface area contributed by atoms with Gasteiger partial charge in [0.05, 0.1) is 11.5 Å². The third-order valence-electron chi connectivity index (χ3n) is 3.57. The number of nitrogens with one attached hydrogen (secondary N) is 1. The van der Waals surface area contributed by atoms with Gasteiger partial charge in [-0.25, -0.2) is 4.39 Å². The van der Waals surface area contributed by atoms with Crippen molar-refractivity contribution in [3.63, 3.8) is 0 Å². The van der Waals surface area contributed by atoms with E-state index in [1.807, 2.05) is 12.1 Å². The molecule has 0 aliphatic carbocycles. The Kier molecular flexibility index (Phi) is 5.16. The zero-order valence-electron chi connectivity index (χ0n) is 13.5. The van der Waals surface area contributed by atoms with Crippen LogP contribution in [0.4, 0.5) is 10.1 Å². The van der Waals surface area contributed by atoms with Gasteiger partial charge in [0, 0.05) is 12.1 Å². The minimum absolute atomic E-state index is 0.168. The van der Waals surface area contributed by atoms with E-state index in [9.17, 15) is 19.3 Å². The predicted molar refractivity (Wildman–Crippen MR) is 87.9 cm³/mol. The molecule has 0 spiro atoms. The summed E-state index contributed by atoms with van der Waals surface area (Å²) in [5.74, 6) is -0.304. The van der Waals surface area contributed by atoms with Crippen LogP contribution in [-0.4, -0.2) is 36.7 Å². The maximum absolute atomic E-state index is 13.2. The zero-order chi connectivity index (χ0) is 18.5. The maximum Gasteiger partial charge on any atom is 0.311 e. The summed E-state index contributed by atoms with van der Waals surface area (Å²) in [7, 11) is 0. The van der Waals surface area contributed by atoms with Crippen LogP contribution in [0.15, 0.2) is 42.5 Å². The van der Waals surface area contributed by atoms with Gasteiger partial charge in [-0.3, -0.25) is 14.9 Å². The van der Waals surface area contributed by atoms with Gasteiger partial charge in [0.2, 0.25) is 5.75 Å². The van der Waals surface area contributed by atoms with Crippen molar-refractivity contribution in [3.8, 4) is 17.2 Å². The third kappa shape index (κ3) is 4.18. The number of hydrogen-bond donors (Lipinski definition) is 1. The fourth-order valence-corrected chi connectivity index (χ4v) is 2.34. The van der Waals surface area contributed by atoms with Crippen molar-refractivity contribution in [2.75, 3.05) is 19.8 Å². The SMILES string of the molecule is O=C(COc1cc(F)ccc1[N+](=O)[O-])NC[C@@H]1COc2ccccc2O1. The van der Waals surface area contributed by atoms with Crippen LogP contribution in [0.5, 0.6) is 17.2 Å². The van der Waals surface area contributed by atoms with Gasteiger partial charge in [-0.15, -0.1) is 0 Å². The molecule has 1 amide bonds. The van der Waals surface area contributed by atoms with Crippen LogP contribution >= 0.6 is 0 Å². The molecule has 26 heavy (non-hydrogen) atoms. The first-order chi connectivity index (χ1) is 12.5. The highest BCUT2D eigenvalue weighted by Gasteiger charge is 2.22. The normalized spacial score (nSPS) is 15.2. The summed E-state index contributed by atoms with van der Waals surface area (Å²) >= 11 is 0. The Hall–Kier alpha value is -3.36. The zero-order valence-corrected chi connectivity index (χ0v) is 13.5. The molecule has 2 aromatic carbocycles. The minimum atomic E-state index is -0.711. The van der Waals surface area contributed by atoms with Gasteiger partial charge < -0.3 is 19.5 Å². The van der Waals surface area contributed by atoms with Crippen LogP contribution in [0.1, 0.15) is 0 Å². The van der Waals surface area contributed by atoms with Crippen molar-refractivity contribution in [2.45, 2.75) is 6.10 Å². The molecule has 1 atom stereocenters. The summed E-state index contributed by atoms with van der Waals surface area (Å²) in [5.41, 5.74) is -0.417. The monoisotopic (exact) mass is 362 g/mol. The van der Waals surface area contributed by atoms with E-state index in [0.29, 0.717) is 11.5 Å². The largest absolute Gasteiger partial charge is 0.486 e. The Morgan fingerprint density at radius 3 is 2.85 bits per heavy atom. The summed E-state index contributed by atoms with van der Waals surface area (Å²) in [6.07, 6.45) is -0.377. The number of hydrogen-bond acceptors (Lipinski definition) is 6. The van der Waals surface area contributed by atoms with E-state index >= 15 is 0 Å². The van der Waals surface area contributed by atoms with Crippen molar-refractivity contribution in [3.05, 3.63) is 58.4 Å². The van der Waals surface area contributed by atoms with E-state index in [2.05, 4.69) is 5.32 Å². The van der Waals surface area contributed by atoms with E-state index in [-0.39, 0.29) is 25.0 Å². The smallest absolute Gasteiger partial charge is 0.311 e. The minimum Gasteiger partial charge on any atom is -0.486 e. The van der Waals surface area contributed by atoms with Crippen LogP contribution in [0.2, 0.25) is 0 Å². The van der Waals surface area contributed by atoms with Gasteiger partial charge in [-0.2, -0.15) is 0 Å². The number of halogens is 1.